The maximum Gasteiger partial charge on any atom is 0.252 e. The molecule has 1 aromatic heterocycles. The molecule has 6 heteroatoms. The van der Waals surface area contributed by atoms with E-state index in [1.807, 2.05) is 12.3 Å². The number of ether oxygens (including phenoxy) is 1. The van der Waals surface area contributed by atoms with Crippen molar-refractivity contribution in [2.75, 3.05) is 13.6 Å². The highest BCUT2D eigenvalue weighted by Crippen LogP contribution is 2.24. The number of aromatic nitrogens is 1. The van der Waals surface area contributed by atoms with Crippen LogP contribution in [-0.4, -0.2) is 58.8 Å². The van der Waals surface area contributed by atoms with Crippen molar-refractivity contribution in [3.63, 3.8) is 0 Å². The molecule has 0 spiro atoms. The second-order valence-electron chi connectivity index (χ2n) is 8.05. The first-order valence-electron chi connectivity index (χ1n) is 10.3. The molecule has 27 heavy (non-hydrogen) atoms. The summed E-state index contributed by atoms with van der Waals surface area (Å²) < 4.78 is 6.00. The van der Waals surface area contributed by atoms with Gasteiger partial charge >= 0.3 is 0 Å². The standard InChI is InChI=1S/C21H33N3O3/c1-24(15-16-6-5-12-22-14-16)13-11-18-9-10-19(25)20(27-18)21(26)23-17-7-3-2-4-8-17/h5-6,12,14,17-20,25H,2-4,7-11,13,15H2,1H3,(H,23,26). The summed E-state index contributed by atoms with van der Waals surface area (Å²) in [5.74, 6) is -0.136. The van der Waals surface area contributed by atoms with E-state index in [2.05, 4.69) is 28.3 Å². The Morgan fingerprint density at radius 3 is 2.85 bits per heavy atom. The molecule has 1 saturated carbocycles. The molecule has 2 aliphatic rings. The van der Waals surface area contributed by atoms with Gasteiger partial charge in [-0.25, -0.2) is 0 Å². The van der Waals surface area contributed by atoms with Gasteiger partial charge in [-0.3, -0.25) is 9.78 Å². The van der Waals surface area contributed by atoms with E-state index in [4.69, 9.17) is 4.74 Å². The maximum atomic E-state index is 12.6. The van der Waals surface area contributed by atoms with Crippen LogP contribution in [0.3, 0.4) is 0 Å². The molecule has 0 aromatic carbocycles. The fourth-order valence-corrected chi connectivity index (χ4v) is 4.10. The Balaban J connectivity index is 1.44. The SMILES string of the molecule is CN(CCC1CCC(O)C(C(=O)NC2CCCCC2)O1)Cc1cccnc1. The van der Waals surface area contributed by atoms with E-state index in [1.54, 1.807) is 6.20 Å². The molecule has 6 nitrogen and oxygen atoms in total. The van der Waals surface area contributed by atoms with E-state index in [-0.39, 0.29) is 18.1 Å². The van der Waals surface area contributed by atoms with Crippen LogP contribution in [0.25, 0.3) is 0 Å². The molecule has 1 aliphatic carbocycles. The quantitative estimate of drug-likeness (QED) is 0.765. The molecule has 150 valence electrons. The van der Waals surface area contributed by atoms with Crippen molar-refractivity contribution in [2.24, 2.45) is 0 Å². The lowest BCUT2D eigenvalue weighted by atomic mass is 9.94. The fraction of sp³-hybridized carbons (Fsp3) is 0.714. The van der Waals surface area contributed by atoms with E-state index in [0.29, 0.717) is 6.42 Å². The Kier molecular flexibility index (Phi) is 7.61. The summed E-state index contributed by atoms with van der Waals surface area (Å²) in [4.78, 5) is 19.0. The van der Waals surface area contributed by atoms with E-state index in [9.17, 15) is 9.90 Å². The van der Waals surface area contributed by atoms with Crippen LogP contribution in [0.4, 0.5) is 0 Å². The zero-order valence-corrected chi connectivity index (χ0v) is 16.3. The van der Waals surface area contributed by atoms with Gasteiger partial charge in [0.2, 0.25) is 0 Å². The van der Waals surface area contributed by atoms with Gasteiger partial charge in [-0.05, 0) is 50.8 Å². The monoisotopic (exact) mass is 375 g/mol. The number of aliphatic hydroxyl groups excluding tert-OH is 1. The average Bonchev–Trinajstić information content (AvgIpc) is 2.69. The zero-order valence-electron chi connectivity index (χ0n) is 16.3. The van der Waals surface area contributed by atoms with Crippen LogP contribution in [0.15, 0.2) is 24.5 Å². The summed E-state index contributed by atoms with van der Waals surface area (Å²) in [7, 11) is 2.08. The summed E-state index contributed by atoms with van der Waals surface area (Å²) in [6, 6.07) is 4.26. The first-order valence-corrected chi connectivity index (χ1v) is 10.3. The van der Waals surface area contributed by atoms with Crippen molar-refractivity contribution < 1.29 is 14.6 Å². The lowest BCUT2D eigenvalue weighted by Crippen LogP contribution is -2.51. The van der Waals surface area contributed by atoms with Gasteiger partial charge < -0.3 is 20.1 Å². The summed E-state index contributed by atoms with van der Waals surface area (Å²) in [5.41, 5.74) is 1.18. The van der Waals surface area contributed by atoms with Gasteiger partial charge in [-0.1, -0.05) is 25.3 Å². The molecule has 1 aromatic rings. The third-order valence-electron chi connectivity index (χ3n) is 5.69. The Morgan fingerprint density at radius 1 is 1.30 bits per heavy atom. The number of hydrogen-bond acceptors (Lipinski definition) is 5. The topological polar surface area (TPSA) is 74.7 Å². The van der Waals surface area contributed by atoms with Crippen molar-refractivity contribution in [1.29, 1.82) is 0 Å². The predicted molar refractivity (Wildman–Crippen MR) is 104 cm³/mol. The van der Waals surface area contributed by atoms with Crippen molar-refractivity contribution in [1.82, 2.24) is 15.2 Å². The molecule has 3 rings (SSSR count). The van der Waals surface area contributed by atoms with Gasteiger partial charge in [-0.15, -0.1) is 0 Å². The maximum absolute atomic E-state index is 12.6. The molecule has 2 heterocycles. The van der Waals surface area contributed by atoms with E-state index in [1.165, 1.54) is 24.8 Å². The Bertz CT molecular complexity index is 577. The first-order chi connectivity index (χ1) is 13.1. The summed E-state index contributed by atoms with van der Waals surface area (Å²) >= 11 is 0. The van der Waals surface area contributed by atoms with Crippen LogP contribution < -0.4 is 5.32 Å². The van der Waals surface area contributed by atoms with Crippen LogP contribution in [0, 0.1) is 0 Å². The van der Waals surface area contributed by atoms with Crippen LogP contribution >= 0.6 is 0 Å². The second-order valence-corrected chi connectivity index (χ2v) is 8.05. The molecule has 1 aliphatic heterocycles. The van der Waals surface area contributed by atoms with E-state index in [0.717, 1.165) is 38.8 Å². The normalized spacial score (nSPS) is 26.9. The van der Waals surface area contributed by atoms with Gasteiger partial charge in [0.15, 0.2) is 6.10 Å². The number of carbonyl (C=O) groups is 1. The molecule has 3 atom stereocenters. The second kappa shape index (κ2) is 10.2. The van der Waals surface area contributed by atoms with Crippen molar-refractivity contribution in [3.8, 4) is 0 Å². The minimum atomic E-state index is -0.727. The molecule has 1 amide bonds. The highest BCUT2D eigenvalue weighted by molar-refractivity contribution is 5.81. The predicted octanol–water partition coefficient (Wildman–Crippen LogP) is 2.26. The minimum Gasteiger partial charge on any atom is -0.390 e. The lowest BCUT2D eigenvalue weighted by molar-refractivity contribution is -0.159. The largest absolute Gasteiger partial charge is 0.390 e. The van der Waals surface area contributed by atoms with Gasteiger partial charge in [0.1, 0.15) is 0 Å². The van der Waals surface area contributed by atoms with Crippen LogP contribution in [0.2, 0.25) is 0 Å². The number of nitrogens with one attached hydrogen (secondary N) is 1. The van der Waals surface area contributed by atoms with Crippen molar-refractivity contribution in [3.05, 3.63) is 30.1 Å². The zero-order chi connectivity index (χ0) is 19.1. The third-order valence-corrected chi connectivity index (χ3v) is 5.69. The molecular weight excluding hydrogens is 342 g/mol. The Hall–Kier alpha value is -1.50. The van der Waals surface area contributed by atoms with Gasteiger partial charge in [-0.2, -0.15) is 0 Å². The van der Waals surface area contributed by atoms with Gasteiger partial charge in [0.05, 0.1) is 12.2 Å². The number of aliphatic hydroxyl groups is 1. The average molecular weight is 376 g/mol. The number of carbonyl (C=O) groups excluding carboxylic acids is 1. The van der Waals surface area contributed by atoms with Crippen LogP contribution in [0.5, 0.6) is 0 Å². The number of pyridine rings is 1. The Labute approximate surface area is 162 Å². The number of amides is 1. The van der Waals surface area contributed by atoms with Crippen molar-refractivity contribution >= 4 is 5.91 Å². The van der Waals surface area contributed by atoms with Crippen molar-refractivity contribution in [2.45, 2.75) is 82.3 Å². The number of rotatable bonds is 7. The molecule has 0 bridgehead atoms. The summed E-state index contributed by atoms with van der Waals surface area (Å²) in [6.45, 7) is 1.72. The minimum absolute atomic E-state index is 0.0202. The number of hydrogen-bond donors (Lipinski definition) is 2. The molecule has 3 unspecified atom stereocenters. The number of nitrogens with zero attached hydrogens (tertiary/aromatic N) is 2. The first kappa shape index (κ1) is 20.2. The van der Waals surface area contributed by atoms with Gasteiger partial charge in [0.25, 0.3) is 5.91 Å². The molecule has 0 radical (unpaired) electrons. The molecule has 2 fully saturated rings. The molecule has 1 saturated heterocycles. The molecular formula is C21H33N3O3. The summed E-state index contributed by atoms with van der Waals surface area (Å²) in [5, 5.41) is 13.4. The lowest BCUT2D eigenvalue weighted by Gasteiger charge is -2.35. The van der Waals surface area contributed by atoms with Crippen LogP contribution in [0.1, 0.15) is 56.9 Å². The highest BCUT2D eigenvalue weighted by Gasteiger charge is 2.35. The van der Waals surface area contributed by atoms with Crippen LogP contribution in [-0.2, 0) is 16.1 Å². The highest BCUT2D eigenvalue weighted by atomic mass is 16.5. The molecule has 2 N–H and O–H groups in total. The van der Waals surface area contributed by atoms with E-state index >= 15 is 0 Å². The fourth-order valence-electron chi connectivity index (χ4n) is 4.10. The Morgan fingerprint density at radius 2 is 2.11 bits per heavy atom. The van der Waals surface area contributed by atoms with Gasteiger partial charge in [0, 0.05) is 31.5 Å². The third kappa shape index (κ3) is 6.26. The smallest absolute Gasteiger partial charge is 0.252 e. The summed E-state index contributed by atoms with van der Waals surface area (Å²) in [6.07, 6.45) is 10.2. The van der Waals surface area contributed by atoms with E-state index < -0.39 is 12.2 Å².